The molecule has 140 valence electrons. The minimum atomic E-state index is -4.57. The van der Waals surface area contributed by atoms with Crippen LogP contribution in [-0.2, 0) is 33.2 Å². The summed E-state index contributed by atoms with van der Waals surface area (Å²) in [6.07, 6.45) is -4.53. The zero-order valence-corrected chi connectivity index (χ0v) is 14.3. The van der Waals surface area contributed by atoms with E-state index in [1.54, 1.807) is 30.3 Å². The van der Waals surface area contributed by atoms with Gasteiger partial charge in [-0.05, 0) is 23.6 Å². The van der Waals surface area contributed by atoms with E-state index in [4.69, 9.17) is 5.73 Å². The predicted molar refractivity (Wildman–Crippen MR) is 90.3 cm³/mol. The van der Waals surface area contributed by atoms with Crippen molar-refractivity contribution in [2.75, 3.05) is 0 Å². The van der Waals surface area contributed by atoms with Crippen molar-refractivity contribution in [1.29, 1.82) is 0 Å². The van der Waals surface area contributed by atoms with Crippen LogP contribution in [0.25, 0.3) is 0 Å². The number of sulfonamides is 1. The first kappa shape index (κ1) is 19.9. The van der Waals surface area contributed by atoms with Gasteiger partial charge < -0.3 is 5.73 Å². The molecule has 26 heavy (non-hydrogen) atoms. The van der Waals surface area contributed by atoms with Gasteiger partial charge in [0.1, 0.15) is 6.04 Å². The number of primary amides is 1. The van der Waals surface area contributed by atoms with E-state index in [-0.39, 0.29) is 12.0 Å². The van der Waals surface area contributed by atoms with Gasteiger partial charge >= 0.3 is 6.18 Å². The lowest BCUT2D eigenvalue weighted by molar-refractivity contribution is -0.137. The minimum Gasteiger partial charge on any atom is -0.368 e. The second kappa shape index (κ2) is 7.88. The molecular formula is C17H17F3N2O3S. The highest BCUT2D eigenvalue weighted by Crippen LogP contribution is 2.29. The number of hydrogen-bond acceptors (Lipinski definition) is 3. The number of nitrogens with one attached hydrogen (secondary N) is 1. The molecule has 2 rings (SSSR count). The van der Waals surface area contributed by atoms with Crippen molar-refractivity contribution >= 4 is 15.9 Å². The van der Waals surface area contributed by atoms with Crippen LogP contribution in [0.2, 0.25) is 0 Å². The van der Waals surface area contributed by atoms with E-state index in [1.807, 2.05) is 0 Å². The number of rotatable bonds is 7. The average Bonchev–Trinajstić information content (AvgIpc) is 2.54. The van der Waals surface area contributed by atoms with E-state index in [9.17, 15) is 26.4 Å². The molecule has 1 amide bonds. The van der Waals surface area contributed by atoms with Crippen molar-refractivity contribution in [3.63, 3.8) is 0 Å². The van der Waals surface area contributed by atoms with Crippen molar-refractivity contribution in [3.8, 4) is 0 Å². The van der Waals surface area contributed by atoms with Gasteiger partial charge in [0, 0.05) is 0 Å². The number of hydrogen-bond donors (Lipinski definition) is 2. The first-order valence-electron chi connectivity index (χ1n) is 7.56. The molecule has 0 fully saturated rings. The van der Waals surface area contributed by atoms with Gasteiger partial charge in [-0.25, -0.2) is 13.1 Å². The number of halogens is 3. The van der Waals surface area contributed by atoms with Crippen LogP contribution in [-0.4, -0.2) is 20.4 Å². The number of amides is 1. The zero-order chi connectivity index (χ0) is 19.4. The first-order valence-corrected chi connectivity index (χ1v) is 9.21. The largest absolute Gasteiger partial charge is 0.416 e. The van der Waals surface area contributed by atoms with Gasteiger partial charge in [0.05, 0.1) is 11.3 Å². The lowest BCUT2D eigenvalue weighted by Gasteiger charge is -2.16. The maximum absolute atomic E-state index is 12.7. The normalized spacial score (nSPS) is 13.3. The lowest BCUT2D eigenvalue weighted by atomic mass is 10.1. The predicted octanol–water partition coefficient (Wildman–Crippen LogP) is 2.22. The Kier molecular flexibility index (Phi) is 6.04. The Labute approximate surface area is 149 Å². The van der Waals surface area contributed by atoms with Crippen molar-refractivity contribution in [2.24, 2.45) is 5.73 Å². The van der Waals surface area contributed by atoms with E-state index < -0.39 is 39.5 Å². The summed E-state index contributed by atoms with van der Waals surface area (Å²) in [4.78, 5) is 11.6. The van der Waals surface area contributed by atoms with E-state index >= 15 is 0 Å². The van der Waals surface area contributed by atoms with Gasteiger partial charge in [-0.2, -0.15) is 13.2 Å². The molecule has 0 spiro atoms. The molecule has 1 unspecified atom stereocenters. The van der Waals surface area contributed by atoms with Crippen LogP contribution in [0.3, 0.4) is 0 Å². The smallest absolute Gasteiger partial charge is 0.368 e. The molecule has 0 heterocycles. The molecule has 1 atom stereocenters. The lowest BCUT2D eigenvalue weighted by Crippen LogP contribution is -2.46. The first-order chi connectivity index (χ1) is 12.1. The fourth-order valence-corrected chi connectivity index (χ4v) is 3.70. The van der Waals surface area contributed by atoms with E-state index in [1.165, 1.54) is 6.07 Å². The molecule has 5 nitrogen and oxygen atoms in total. The van der Waals surface area contributed by atoms with Gasteiger partial charge in [-0.3, -0.25) is 4.79 Å². The zero-order valence-electron chi connectivity index (χ0n) is 13.5. The van der Waals surface area contributed by atoms with Crippen molar-refractivity contribution in [2.45, 2.75) is 24.4 Å². The highest BCUT2D eigenvalue weighted by molar-refractivity contribution is 7.88. The fourth-order valence-electron chi connectivity index (χ4n) is 2.37. The summed E-state index contributed by atoms with van der Waals surface area (Å²) in [5.74, 6) is -1.57. The summed E-state index contributed by atoms with van der Waals surface area (Å²) in [7, 11) is -4.08. The molecule has 3 N–H and O–H groups in total. The maximum Gasteiger partial charge on any atom is 0.416 e. The summed E-state index contributed by atoms with van der Waals surface area (Å²) >= 11 is 0. The molecule has 0 saturated carbocycles. The number of alkyl halides is 3. The Hall–Kier alpha value is -2.39. The highest BCUT2D eigenvalue weighted by atomic mass is 32.2. The van der Waals surface area contributed by atoms with Gasteiger partial charge in [-0.1, -0.05) is 48.5 Å². The van der Waals surface area contributed by atoms with Crippen LogP contribution in [0.1, 0.15) is 16.7 Å². The molecule has 0 bridgehead atoms. The van der Waals surface area contributed by atoms with Crippen LogP contribution in [0.5, 0.6) is 0 Å². The standard InChI is InChI=1S/C17H17F3N2O3S/c18-17(19,20)14-8-4-7-13(9-14)11-26(24,25)22-15(16(21)23)10-12-5-2-1-3-6-12/h1-9,15,22H,10-11H2,(H2,21,23). The topological polar surface area (TPSA) is 89.3 Å². The third-order valence-electron chi connectivity index (χ3n) is 3.56. The molecule has 2 aromatic rings. The van der Waals surface area contributed by atoms with Crippen molar-refractivity contribution in [3.05, 3.63) is 71.3 Å². The fraction of sp³-hybridized carbons (Fsp3) is 0.235. The van der Waals surface area contributed by atoms with Crippen LogP contribution >= 0.6 is 0 Å². The summed E-state index contributed by atoms with van der Waals surface area (Å²) < 4.78 is 64.9. The van der Waals surface area contributed by atoms with E-state index in [0.717, 1.165) is 18.2 Å². The van der Waals surface area contributed by atoms with Crippen molar-refractivity contribution < 1.29 is 26.4 Å². The molecule has 2 aromatic carbocycles. The number of nitrogens with two attached hydrogens (primary N) is 1. The van der Waals surface area contributed by atoms with Crippen LogP contribution < -0.4 is 10.5 Å². The Morgan fingerprint density at radius 1 is 1.04 bits per heavy atom. The second-order valence-corrected chi connectivity index (χ2v) is 7.47. The summed E-state index contributed by atoms with van der Waals surface area (Å²) in [6.45, 7) is 0. The Morgan fingerprint density at radius 3 is 2.23 bits per heavy atom. The Morgan fingerprint density at radius 2 is 1.65 bits per heavy atom. The van der Waals surface area contributed by atoms with Gasteiger partial charge in [0.25, 0.3) is 0 Å². The molecule has 0 radical (unpaired) electrons. The maximum atomic E-state index is 12.7. The van der Waals surface area contributed by atoms with Crippen LogP contribution in [0.15, 0.2) is 54.6 Å². The third kappa shape index (κ3) is 5.85. The van der Waals surface area contributed by atoms with E-state index in [0.29, 0.717) is 5.56 Å². The van der Waals surface area contributed by atoms with Gasteiger partial charge in [0.15, 0.2) is 0 Å². The highest BCUT2D eigenvalue weighted by Gasteiger charge is 2.31. The number of carbonyl (C=O) groups is 1. The molecule has 0 aliphatic heterocycles. The van der Waals surface area contributed by atoms with Crippen molar-refractivity contribution in [1.82, 2.24) is 4.72 Å². The number of benzene rings is 2. The molecule has 9 heteroatoms. The SMILES string of the molecule is NC(=O)C(Cc1ccccc1)NS(=O)(=O)Cc1cccc(C(F)(F)F)c1. The van der Waals surface area contributed by atoms with E-state index in [2.05, 4.69) is 4.72 Å². The molecule has 0 saturated heterocycles. The second-order valence-electron chi connectivity index (χ2n) is 5.72. The molecule has 0 aliphatic carbocycles. The molecule has 0 aliphatic rings. The summed E-state index contributed by atoms with van der Waals surface area (Å²) in [5.41, 5.74) is 4.95. The van der Waals surface area contributed by atoms with Gasteiger partial charge in [-0.15, -0.1) is 0 Å². The average molecular weight is 386 g/mol. The Balaban J connectivity index is 2.14. The van der Waals surface area contributed by atoms with Gasteiger partial charge in [0.2, 0.25) is 15.9 Å². The minimum absolute atomic E-state index is 0.0397. The molecule has 0 aromatic heterocycles. The molecular weight excluding hydrogens is 369 g/mol. The summed E-state index contributed by atoms with van der Waals surface area (Å²) in [5, 5.41) is 0. The quantitative estimate of drug-likeness (QED) is 0.765. The monoisotopic (exact) mass is 386 g/mol. The Bertz CT molecular complexity index is 868. The van der Waals surface area contributed by atoms with Crippen LogP contribution in [0.4, 0.5) is 13.2 Å². The van der Waals surface area contributed by atoms with Crippen LogP contribution in [0, 0.1) is 0 Å². The number of carbonyl (C=O) groups excluding carboxylic acids is 1. The third-order valence-corrected chi connectivity index (χ3v) is 4.92. The summed E-state index contributed by atoms with van der Waals surface area (Å²) in [6, 6.07) is 11.4.